The minimum atomic E-state index is -4.40. The van der Waals surface area contributed by atoms with Crippen LogP contribution in [0.5, 0.6) is 0 Å². The molecule has 0 aliphatic carbocycles. The van der Waals surface area contributed by atoms with Crippen LogP contribution in [0.25, 0.3) is 0 Å². The van der Waals surface area contributed by atoms with Crippen LogP contribution in [0.3, 0.4) is 0 Å². The van der Waals surface area contributed by atoms with Crippen LogP contribution < -0.4 is 0 Å². The molecule has 1 aromatic carbocycles. The molecule has 112 valence electrons. The summed E-state index contributed by atoms with van der Waals surface area (Å²) in [4.78, 5) is 23.8. The Morgan fingerprint density at radius 3 is 2.77 bits per heavy atom. The third-order valence-electron chi connectivity index (χ3n) is 3.27. The van der Waals surface area contributed by atoms with Crippen LogP contribution in [-0.4, -0.2) is 23.7 Å². The lowest BCUT2D eigenvalue weighted by atomic mass is 9.99. The lowest BCUT2D eigenvalue weighted by molar-refractivity contribution is -0.137. The van der Waals surface area contributed by atoms with Gasteiger partial charge in [0.15, 0.2) is 0 Å². The van der Waals surface area contributed by atoms with Crippen LogP contribution in [0.2, 0.25) is 0 Å². The lowest BCUT2D eigenvalue weighted by Gasteiger charge is -2.17. The summed E-state index contributed by atoms with van der Waals surface area (Å²) in [6.07, 6.45) is 0.200. The zero-order valence-electron chi connectivity index (χ0n) is 11.2. The molecule has 4 nitrogen and oxygen atoms in total. The fraction of sp³-hybridized carbons (Fsp3) is 0.200. The summed E-state index contributed by atoms with van der Waals surface area (Å²) in [6, 6.07) is 4.90. The van der Waals surface area contributed by atoms with Gasteiger partial charge in [0.1, 0.15) is 11.8 Å². The van der Waals surface area contributed by atoms with Gasteiger partial charge in [-0.3, -0.25) is 9.79 Å². The molecule has 0 saturated heterocycles. The average molecular weight is 305 g/mol. The summed E-state index contributed by atoms with van der Waals surface area (Å²) < 4.78 is 38.1. The first-order valence-electron chi connectivity index (χ1n) is 6.49. The number of benzene rings is 1. The van der Waals surface area contributed by atoms with E-state index in [2.05, 4.69) is 15.0 Å². The Morgan fingerprint density at radius 2 is 2.00 bits per heavy atom. The molecular formula is C15H10F3N3O. The van der Waals surface area contributed by atoms with E-state index < -0.39 is 17.7 Å². The van der Waals surface area contributed by atoms with Gasteiger partial charge in [-0.1, -0.05) is 18.2 Å². The lowest BCUT2D eigenvalue weighted by Crippen LogP contribution is -2.30. The fourth-order valence-electron chi connectivity index (χ4n) is 2.23. The first kappa shape index (κ1) is 14.4. The first-order chi connectivity index (χ1) is 10.4. The molecule has 0 fully saturated rings. The Hall–Kier alpha value is -2.57. The molecule has 2 aliphatic rings. The Morgan fingerprint density at radius 1 is 1.18 bits per heavy atom. The monoisotopic (exact) mass is 305 g/mol. The SMILES string of the molecule is O=C1N=C(Cc2cccc(C(F)(F)F)c2)N=C2C=NC=CC12. The Bertz CT molecular complexity index is 745. The molecule has 7 heteroatoms. The van der Waals surface area contributed by atoms with Gasteiger partial charge in [-0.05, 0) is 17.7 Å². The molecule has 0 radical (unpaired) electrons. The molecule has 2 aliphatic heterocycles. The molecule has 0 aromatic heterocycles. The van der Waals surface area contributed by atoms with Gasteiger partial charge in [0.05, 0.1) is 11.3 Å². The highest BCUT2D eigenvalue weighted by Crippen LogP contribution is 2.29. The van der Waals surface area contributed by atoms with E-state index in [1.807, 2.05) is 0 Å². The number of carbonyl (C=O) groups is 1. The van der Waals surface area contributed by atoms with Gasteiger partial charge in [0.25, 0.3) is 5.91 Å². The quantitative estimate of drug-likeness (QED) is 0.829. The molecule has 22 heavy (non-hydrogen) atoms. The van der Waals surface area contributed by atoms with Gasteiger partial charge in [-0.15, -0.1) is 0 Å². The van der Waals surface area contributed by atoms with E-state index in [4.69, 9.17) is 0 Å². The largest absolute Gasteiger partial charge is 0.416 e. The number of aliphatic imine (C=N–C) groups is 3. The predicted molar refractivity (Wildman–Crippen MR) is 76.1 cm³/mol. The number of nitrogens with zero attached hydrogens (tertiary/aromatic N) is 3. The minimum absolute atomic E-state index is 0.0590. The van der Waals surface area contributed by atoms with Crippen molar-refractivity contribution >= 4 is 23.7 Å². The van der Waals surface area contributed by atoms with Crippen molar-refractivity contribution in [3.63, 3.8) is 0 Å². The number of hydrogen-bond acceptors (Lipinski definition) is 3. The van der Waals surface area contributed by atoms with E-state index in [1.165, 1.54) is 18.5 Å². The second-order valence-electron chi connectivity index (χ2n) is 4.88. The fourth-order valence-corrected chi connectivity index (χ4v) is 2.23. The second kappa shape index (κ2) is 5.32. The molecular weight excluding hydrogens is 295 g/mol. The molecule has 2 heterocycles. The van der Waals surface area contributed by atoms with Crippen LogP contribution in [-0.2, 0) is 17.4 Å². The zero-order valence-corrected chi connectivity index (χ0v) is 11.2. The summed E-state index contributed by atoms with van der Waals surface area (Å²) >= 11 is 0. The summed E-state index contributed by atoms with van der Waals surface area (Å²) in [6.45, 7) is 0. The number of fused-ring (bicyclic) bond motifs is 1. The van der Waals surface area contributed by atoms with Crippen molar-refractivity contribution in [1.29, 1.82) is 0 Å². The highest BCUT2D eigenvalue weighted by molar-refractivity contribution is 6.41. The van der Waals surface area contributed by atoms with E-state index in [0.717, 1.165) is 12.1 Å². The normalized spacial score (nSPS) is 20.5. The first-order valence-corrected chi connectivity index (χ1v) is 6.49. The molecule has 1 atom stereocenters. The molecule has 1 aromatic rings. The van der Waals surface area contributed by atoms with Crippen LogP contribution >= 0.6 is 0 Å². The maximum atomic E-state index is 12.7. The Kier molecular flexibility index (Phi) is 3.48. The second-order valence-corrected chi connectivity index (χ2v) is 4.88. The van der Waals surface area contributed by atoms with Gasteiger partial charge in [-0.25, -0.2) is 4.99 Å². The number of amidine groups is 1. The molecule has 3 rings (SSSR count). The maximum absolute atomic E-state index is 12.7. The maximum Gasteiger partial charge on any atom is 0.416 e. The molecule has 0 saturated carbocycles. The molecule has 0 spiro atoms. The van der Waals surface area contributed by atoms with Crippen molar-refractivity contribution in [3.05, 3.63) is 47.7 Å². The van der Waals surface area contributed by atoms with E-state index in [-0.39, 0.29) is 18.2 Å². The number of halogens is 3. The van der Waals surface area contributed by atoms with E-state index in [1.54, 1.807) is 12.1 Å². The minimum Gasteiger partial charge on any atom is -0.271 e. The van der Waals surface area contributed by atoms with Gasteiger partial charge < -0.3 is 0 Å². The summed E-state index contributed by atoms with van der Waals surface area (Å²) in [5, 5.41) is 0. The predicted octanol–water partition coefficient (Wildman–Crippen LogP) is 2.84. The third kappa shape index (κ3) is 2.88. The van der Waals surface area contributed by atoms with Crippen molar-refractivity contribution in [2.45, 2.75) is 12.6 Å². The highest BCUT2D eigenvalue weighted by atomic mass is 19.4. The molecule has 1 unspecified atom stereocenters. The van der Waals surface area contributed by atoms with Gasteiger partial charge in [0.2, 0.25) is 0 Å². The van der Waals surface area contributed by atoms with Crippen molar-refractivity contribution in [3.8, 4) is 0 Å². The van der Waals surface area contributed by atoms with Crippen LogP contribution in [0.1, 0.15) is 11.1 Å². The highest BCUT2D eigenvalue weighted by Gasteiger charge is 2.31. The van der Waals surface area contributed by atoms with Crippen LogP contribution in [0.15, 0.2) is 51.5 Å². The smallest absolute Gasteiger partial charge is 0.271 e. The van der Waals surface area contributed by atoms with Crippen LogP contribution in [0.4, 0.5) is 13.2 Å². The Labute approximate surface area is 123 Å². The van der Waals surface area contributed by atoms with Gasteiger partial charge in [0, 0.05) is 18.8 Å². The molecule has 1 amide bonds. The Balaban J connectivity index is 1.85. The number of alkyl halides is 3. The number of rotatable bonds is 2. The standard InChI is InChI=1S/C15H10F3N3O/c16-15(17,18)10-3-1-2-9(6-10)7-13-20-12-8-19-5-4-11(12)14(22)21-13/h1-6,8,11H,7H2. The van der Waals surface area contributed by atoms with Crippen molar-refractivity contribution in [2.24, 2.45) is 20.9 Å². The van der Waals surface area contributed by atoms with Gasteiger partial charge >= 0.3 is 6.18 Å². The van der Waals surface area contributed by atoms with Gasteiger partial charge in [-0.2, -0.15) is 18.2 Å². The van der Waals surface area contributed by atoms with Crippen molar-refractivity contribution in [2.75, 3.05) is 0 Å². The molecule has 0 bridgehead atoms. The number of amides is 1. The third-order valence-corrected chi connectivity index (χ3v) is 3.27. The molecule has 0 N–H and O–H groups in total. The topological polar surface area (TPSA) is 54.1 Å². The summed E-state index contributed by atoms with van der Waals surface area (Å²) in [5.41, 5.74) is 0.123. The van der Waals surface area contributed by atoms with Crippen molar-refractivity contribution in [1.82, 2.24) is 0 Å². The number of carbonyl (C=O) groups excluding carboxylic acids is 1. The van der Waals surface area contributed by atoms with Crippen LogP contribution in [0, 0.1) is 5.92 Å². The average Bonchev–Trinajstić information content (AvgIpc) is 2.47. The number of hydrogen-bond donors (Lipinski definition) is 0. The summed E-state index contributed by atoms with van der Waals surface area (Å²) in [5.74, 6) is -0.727. The van der Waals surface area contributed by atoms with E-state index >= 15 is 0 Å². The zero-order chi connectivity index (χ0) is 15.7. The van der Waals surface area contributed by atoms with E-state index in [0.29, 0.717) is 11.3 Å². The van der Waals surface area contributed by atoms with E-state index in [9.17, 15) is 18.0 Å². The van der Waals surface area contributed by atoms with Crippen molar-refractivity contribution < 1.29 is 18.0 Å². The summed E-state index contributed by atoms with van der Waals surface area (Å²) in [7, 11) is 0.